The number of likely N-dealkylation sites (tertiary alicyclic amines) is 1. The molecule has 4 rings (SSSR count). The van der Waals surface area contributed by atoms with E-state index >= 15 is 0 Å². The number of hydrogen-bond donors (Lipinski definition) is 0. The fraction of sp³-hybridized carbons (Fsp3) is 0.400. The summed E-state index contributed by atoms with van der Waals surface area (Å²) < 4.78 is 6.46. The number of ether oxygens (including phenoxy) is 1. The summed E-state index contributed by atoms with van der Waals surface area (Å²) in [5.41, 5.74) is 0.997. The van der Waals surface area contributed by atoms with Crippen LogP contribution in [0.1, 0.15) is 35.2 Å². The van der Waals surface area contributed by atoms with Gasteiger partial charge in [-0.25, -0.2) is 0 Å². The molecule has 0 N–H and O–H groups in total. The minimum Gasteiger partial charge on any atom is -0.484 e. The Bertz CT molecular complexity index is 775. The summed E-state index contributed by atoms with van der Waals surface area (Å²) in [5.74, 6) is 0.524. The molecule has 1 aliphatic carbocycles. The molecule has 1 saturated heterocycles. The topological polar surface area (TPSA) is 46.6 Å². The monoisotopic (exact) mass is 355 g/mol. The van der Waals surface area contributed by atoms with E-state index in [0.717, 1.165) is 50.2 Å². The second-order valence-electron chi connectivity index (χ2n) is 6.85. The highest BCUT2D eigenvalue weighted by molar-refractivity contribution is 8.04. The third-order valence-corrected chi connectivity index (χ3v) is 6.58. The van der Waals surface area contributed by atoms with Crippen LogP contribution in [-0.4, -0.2) is 47.5 Å². The zero-order valence-corrected chi connectivity index (χ0v) is 14.9. The van der Waals surface area contributed by atoms with Crippen LogP contribution in [0.3, 0.4) is 0 Å². The van der Waals surface area contributed by atoms with Crippen LogP contribution in [0.5, 0.6) is 0 Å². The molecule has 1 aromatic rings. The zero-order chi connectivity index (χ0) is 17.4. The molecular weight excluding hydrogens is 334 g/mol. The third-order valence-electron chi connectivity index (χ3n) is 5.25. The van der Waals surface area contributed by atoms with Gasteiger partial charge in [-0.1, -0.05) is 30.3 Å². The van der Waals surface area contributed by atoms with E-state index < -0.39 is 11.6 Å². The van der Waals surface area contributed by atoms with Gasteiger partial charge in [0.15, 0.2) is 0 Å². The summed E-state index contributed by atoms with van der Waals surface area (Å²) in [6, 6.07) is 7.28. The van der Waals surface area contributed by atoms with Crippen molar-refractivity contribution in [3.8, 4) is 0 Å². The van der Waals surface area contributed by atoms with Crippen molar-refractivity contribution in [3.63, 3.8) is 0 Å². The van der Waals surface area contributed by atoms with Crippen LogP contribution in [0.4, 0.5) is 0 Å². The summed E-state index contributed by atoms with van der Waals surface area (Å²) in [7, 11) is 0. The number of carbonyl (C=O) groups is 2. The molecule has 4 nitrogen and oxygen atoms in total. The standard InChI is InChI=1S/C20H21NO3S/c1-2-3-10-21-11-8-20(9-12-21)13-25-19-17(23)16(22)14-6-4-5-7-15(14)18(19)24-20/h2,4-7H,1,3,8-13H2. The van der Waals surface area contributed by atoms with E-state index in [4.69, 9.17) is 4.74 Å². The van der Waals surface area contributed by atoms with Crippen molar-refractivity contribution in [2.45, 2.75) is 24.9 Å². The van der Waals surface area contributed by atoms with Gasteiger partial charge in [-0.15, -0.1) is 18.3 Å². The Balaban J connectivity index is 1.59. The molecule has 0 saturated carbocycles. The van der Waals surface area contributed by atoms with E-state index in [0.29, 0.717) is 16.2 Å². The second kappa shape index (κ2) is 6.46. The van der Waals surface area contributed by atoms with Crippen molar-refractivity contribution >= 4 is 29.1 Å². The Morgan fingerprint density at radius 1 is 1.16 bits per heavy atom. The molecule has 1 fully saturated rings. The molecule has 1 aromatic carbocycles. The van der Waals surface area contributed by atoms with Gasteiger partial charge in [0.25, 0.3) is 0 Å². The molecule has 2 heterocycles. The summed E-state index contributed by atoms with van der Waals surface area (Å²) in [6.45, 7) is 6.81. The molecule has 5 heteroatoms. The maximum Gasteiger partial charge on any atom is 0.243 e. The molecule has 0 amide bonds. The number of hydrogen-bond acceptors (Lipinski definition) is 5. The first-order valence-electron chi connectivity index (χ1n) is 8.71. The van der Waals surface area contributed by atoms with Gasteiger partial charge in [-0.2, -0.15) is 0 Å². The number of piperidine rings is 1. The van der Waals surface area contributed by atoms with Gasteiger partial charge in [-0.05, 0) is 6.42 Å². The van der Waals surface area contributed by atoms with E-state index in [-0.39, 0.29) is 5.60 Å². The number of benzene rings is 1. The van der Waals surface area contributed by atoms with Crippen molar-refractivity contribution < 1.29 is 14.3 Å². The van der Waals surface area contributed by atoms with E-state index in [1.807, 2.05) is 18.2 Å². The molecule has 130 valence electrons. The number of nitrogens with zero attached hydrogens (tertiary/aromatic N) is 1. The molecule has 0 bridgehead atoms. The van der Waals surface area contributed by atoms with Gasteiger partial charge in [-0.3, -0.25) is 9.59 Å². The lowest BCUT2D eigenvalue weighted by Crippen LogP contribution is -2.49. The van der Waals surface area contributed by atoms with Crippen molar-refractivity contribution in [3.05, 3.63) is 53.0 Å². The van der Waals surface area contributed by atoms with Crippen molar-refractivity contribution in [2.75, 3.05) is 25.4 Å². The van der Waals surface area contributed by atoms with E-state index in [2.05, 4.69) is 11.5 Å². The molecule has 0 atom stereocenters. The fourth-order valence-corrected chi connectivity index (χ4v) is 4.98. The first-order valence-corrected chi connectivity index (χ1v) is 9.70. The highest BCUT2D eigenvalue weighted by Gasteiger charge is 2.45. The van der Waals surface area contributed by atoms with Crippen LogP contribution >= 0.6 is 11.8 Å². The lowest BCUT2D eigenvalue weighted by atomic mass is 9.90. The van der Waals surface area contributed by atoms with E-state index in [9.17, 15) is 9.59 Å². The smallest absolute Gasteiger partial charge is 0.243 e. The number of rotatable bonds is 3. The summed E-state index contributed by atoms with van der Waals surface area (Å²) >= 11 is 1.50. The SMILES string of the molecule is C=CCCN1CCC2(CC1)CSC1=C(O2)c2ccccc2C(=O)C1=O. The Morgan fingerprint density at radius 2 is 1.88 bits per heavy atom. The van der Waals surface area contributed by atoms with Crippen molar-refractivity contribution in [1.82, 2.24) is 4.90 Å². The molecule has 0 radical (unpaired) electrons. The highest BCUT2D eigenvalue weighted by atomic mass is 32.2. The number of allylic oxidation sites excluding steroid dienone is 1. The molecule has 2 aliphatic heterocycles. The number of ketones is 2. The van der Waals surface area contributed by atoms with Crippen LogP contribution in [0.25, 0.3) is 5.76 Å². The largest absolute Gasteiger partial charge is 0.484 e. The number of thioether (sulfide) groups is 1. The summed E-state index contributed by atoms with van der Waals surface area (Å²) in [4.78, 5) is 27.7. The average molecular weight is 355 g/mol. The Morgan fingerprint density at radius 3 is 2.60 bits per heavy atom. The predicted molar refractivity (Wildman–Crippen MR) is 99.5 cm³/mol. The van der Waals surface area contributed by atoms with Crippen molar-refractivity contribution in [1.29, 1.82) is 0 Å². The van der Waals surface area contributed by atoms with Gasteiger partial charge < -0.3 is 9.64 Å². The Hall–Kier alpha value is -1.85. The predicted octanol–water partition coefficient (Wildman–Crippen LogP) is 3.29. The number of fused-ring (bicyclic) bond motifs is 2. The third kappa shape index (κ3) is 2.85. The molecular formula is C20H21NO3S. The lowest BCUT2D eigenvalue weighted by Gasteiger charge is -2.45. The fourth-order valence-electron chi connectivity index (χ4n) is 3.72. The number of Topliss-reactive ketones (excluding diaryl/α,β-unsaturated/α-hetero) is 2. The van der Waals surface area contributed by atoms with E-state index in [1.165, 1.54) is 11.8 Å². The maximum absolute atomic E-state index is 12.4. The first kappa shape index (κ1) is 16.6. The molecule has 25 heavy (non-hydrogen) atoms. The van der Waals surface area contributed by atoms with Crippen LogP contribution in [0, 0.1) is 0 Å². The second-order valence-corrected chi connectivity index (χ2v) is 7.84. The maximum atomic E-state index is 12.4. The zero-order valence-electron chi connectivity index (χ0n) is 14.1. The summed E-state index contributed by atoms with van der Waals surface area (Å²) in [5, 5.41) is 0. The van der Waals surface area contributed by atoms with Crippen molar-refractivity contribution in [2.24, 2.45) is 0 Å². The van der Waals surface area contributed by atoms with Crippen LogP contribution in [0.2, 0.25) is 0 Å². The minimum absolute atomic E-state index is 0.234. The Kier molecular flexibility index (Phi) is 4.29. The minimum atomic E-state index is -0.419. The lowest BCUT2D eigenvalue weighted by molar-refractivity contribution is -0.111. The average Bonchev–Trinajstić information content (AvgIpc) is 2.66. The molecule has 3 aliphatic rings. The van der Waals surface area contributed by atoms with Gasteiger partial charge in [0.1, 0.15) is 16.3 Å². The van der Waals surface area contributed by atoms with Gasteiger partial charge in [0, 0.05) is 49.4 Å². The van der Waals surface area contributed by atoms with E-state index in [1.54, 1.807) is 12.1 Å². The van der Waals surface area contributed by atoms with Gasteiger partial charge >= 0.3 is 0 Å². The van der Waals surface area contributed by atoms with Crippen LogP contribution < -0.4 is 0 Å². The quantitative estimate of drug-likeness (QED) is 0.615. The first-order chi connectivity index (χ1) is 12.1. The highest BCUT2D eigenvalue weighted by Crippen LogP contribution is 2.47. The molecule has 1 spiro atoms. The summed E-state index contributed by atoms with van der Waals surface area (Å²) in [6.07, 6.45) is 4.84. The van der Waals surface area contributed by atoms with Crippen LogP contribution in [-0.2, 0) is 9.53 Å². The molecule has 0 aromatic heterocycles. The van der Waals surface area contributed by atoms with Crippen LogP contribution in [0.15, 0.2) is 41.8 Å². The Labute approximate surface area is 151 Å². The van der Waals surface area contributed by atoms with Gasteiger partial charge in [0.05, 0.1) is 0 Å². The molecule has 0 unspecified atom stereocenters. The normalized spacial score (nSPS) is 22.4. The van der Waals surface area contributed by atoms with Gasteiger partial charge in [0.2, 0.25) is 11.6 Å². The number of carbonyl (C=O) groups excluding carboxylic acids is 2.